The summed E-state index contributed by atoms with van der Waals surface area (Å²) in [4.78, 5) is 25.9. The Labute approximate surface area is 129 Å². The van der Waals surface area contributed by atoms with Gasteiger partial charge < -0.3 is 9.42 Å². The normalized spacial score (nSPS) is 10.4. The molecule has 2 aromatic rings. The van der Waals surface area contributed by atoms with Crippen molar-refractivity contribution in [3.63, 3.8) is 0 Å². The van der Waals surface area contributed by atoms with Crippen molar-refractivity contribution < 1.29 is 14.1 Å². The van der Waals surface area contributed by atoms with Crippen LogP contribution in [0.5, 0.6) is 0 Å². The highest BCUT2D eigenvalue weighted by molar-refractivity contribution is 6.44. The van der Waals surface area contributed by atoms with E-state index in [0.29, 0.717) is 12.3 Å². The van der Waals surface area contributed by atoms with Gasteiger partial charge in [0.05, 0.1) is 0 Å². The predicted octanol–water partition coefficient (Wildman–Crippen LogP) is 2.59. The molecule has 0 fully saturated rings. The van der Waals surface area contributed by atoms with Gasteiger partial charge in [0.25, 0.3) is 0 Å². The number of likely N-dealkylation sites (N-methyl/N-ethyl adjacent to an activating group) is 1. The molecule has 0 unspecified atom stereocenters. The van der Waals surface area contributed by atoms with Crippen molar-refractivity contribution in [1.82, 2.24) is 5.16 Å². The third kappa shape index (κ3) is 3.33. The minimum absolute atomic E-state index is 0.229. The van der Waals surface area contributed by atoms with Crippen molar-refractivity contribution in [3.05, 3.63) is 41.2 Å². The average Bonchev–Trinajstić information content (AvgIpc) is 2.86. The van der Waals surface area contributed by atoms with E-state index in [1.54, 1.807) is 13.0 Å². The molecule has 1 aromatic heterocycles. The molecule has 0 radical (unpaired) electrons. The van der Waals surface area contributed by atoms with Crippen LogP contribution in [-0.2, 0) is 9.59 Å². The molecule has 0 spiro atoms. The molecule has 0 saturated heterocycles. The Morgan fingerprint density at radius 1 is 1.23 bits per heavy atom. The van der Waals surface area contributed by atoms with Crippen molar-refractivity contribution in [2.75, 3.05) is 16.8 Å². The highest BCUT2D eigenvalue weighted by atomic mass is 16.5. The molecule has 2 amide bonds. The maximum atomic E-state index is 12.4. The van der Waals surface area contributed by atoms with E-state index >= 15 is 0 Å². The molecule has 1 heterocycles. The number of hydrogen-bond acceptors (Lipinski definition) is 4. The topological polar surface area (TPSA) is 75.4 Å². The lowest BCUT2D eigenvalue weighted by Crippen LogP contribution is -2.40. The maximum Gasteiger partial charge on any atom is 0.316 e. The molecule has 0 aliphatic heterocycles. The number of hydrogen-bond donors (Lipinski definition) is 1. The first-order chi connectivity index (χ1) is 10.4. The first-order valence-electron chi connectivity index (χ1n) is 7.05. The number of anilines is 2. The van der Waals surface area contributed by atoms with E-state index in [9.17, 15) is 9.59 Å². The summed E-state index contributed by atoms with van der Waals surface area (Å²) in [6.45, 7) is 7.82. The number of rotatable bonds is 3. The van der Waals surface area contributed by atoms with Gasteiger partial charge in [-0.25, -0.2) is 0 Å². The minimum atomic E-state index is -0.741. The van der Waals surface area contributed by atoms with Gasteiger partial charge in [-0.2, -0.15) is 0 Å². The van der Waals surface area contributed by atoms with Gasteiger partial charge in [0.1, 0.15) is 5.76 Å². The van der Waals surface area contributed by atoms with Gasteiger partial charge in [-0.1, -0.05) is 22.9 Å². The van der Waals surface area contributed by atoms with Crippen molar-refractivity contribution in [2.45, 2.75) is 27.7 Å². The molecule has 0 bridgehead atoms. The third-order valence-corrected chi connectivity index (χ3v) is 3.27. The summed E-state index contributed by atoms with van der Waals surface area (Å²) in [5.41, 5.74) is 2.78. The van der Waals surface area contributed by atoms with Gasteiger partial charge in [-0.05, 0) is 39.3 Å². The summed E-state index contributed by atoms with van der Waals surface area (Å²) in [7, 11) is 0. The van der Waals surface area contributed by atoms with Gasteiger partial charge >= 0.3 is 11.8 Å². The van der Waals surface area contributed by atoms with Crippen molar-refractivity contribution in [1.29, 1.82) is 0 Å². The number of carbonyl (C=O) groups is 2. The molecular formula is C16H19N3O3. The number of nitrogens with zero attached hydrogens (tertiary/aromatic N) is 2. The summed E-state index contributed by atoms with van der Waals surface area (Å²) in [5, 5.41) is 6.09. The smallest absolute Gasteiger partial charge is 0.316 e. The number of nitrogens with one attached hydrogen (secondary N) is 1. The molecular weight excluding hydrogens is 282 g/mol. The molecule has 2 rings (SSSR count). The Bertz CT molecular complexity index is 706. The molecule has 116 valence electrons. The van der Waals surface area contributed by atoms with E-state index in [0.717, 1.165) is 16.8 Å². The fourth-order valence-corrected chi connectivity index (χ4v) is 2.25. The Hall–Kier alpha value is -2.63. The van der Waals surface area contributed by atoms with E-state index in [2.05, 4.69) is 10.5 Å². The second-order valence-electron chi connectivity index (χ2n) is 5.12. The maximum absolute atomic E-state index is 12.4. The van der Waals surface area contributed by atoms with Crippen molar-refractivity contribution >= 4 is 23.3 Å². The average molecular weight is 301 g/mol. The van der Waals surface area contributed by atoms with E-state index in [4.69, 9.17) is 4.52 Å². The molecule has 6 heteroatoms. The molecule has 6 nitrogen and oxygen atoms in total. The summed E-state index contributed by atoms with van der Waals surface area (Å²) in [5.74, 6) is -0.581. The lowest BCUT2D eigenvalue weighted by atomic mass is 10.1. The third-order valence-electron chi connectivity index (χ3n) is 3.27. The molecule has 1 N–H and O–H groups in total. The monoisotopic (exact) mass is 301 g/mol. The van der Waals surface area contributed by atoms with Crippen LogP contribution in [0, 0.1) is 20.8 Å². The fourth-order valence-electron chi connectivity index (χ4n) is 2.25. The minimum Gasteiger partial charge on any atom is -0.360 e. The van der Waals surface area contributed by atoms with E-state index in [1.807, 2.05) is 39.0 Å². The Morgan fingerprint density at radius 3 is 2.50 bits per heavy atom. The van der Waals surface area contributed by atoms with Crippen LogP contribution in [0.1, 0.15) is 23.8 Å². The molecule has 0 saturated carbocycles. The standard InChI is InChI=1S/C16H19N3O3/c1-5-19(13-7-6-10(2)8-11(13)3)16(21)15(20)17-14-9-12(4)22-18-14/h6-9H,5H2,1-4H3,(H,17,18,20). The second-order valence-corrected chi connectivity index (χ2v) is 5.12. The molecule has 0 atom stereocenters. The van der Waals surface area contributed by atoms with Gasteiger partial charge in [0, 0.05) is 18.3 Å². The zero-order valence-corrected chi connectivity index (χ0v) is 13.1. The van der Waals surface area contributed by atoms with Gasteiger partial charge in [-0.15, -0.1) is 0 Å². The van der Waals surface area contributed by atoms with E-state index < -0.39 is 11.8 Å². The van der Waals surface area contributed by atoms with Crippen LogP contribution >= 0.6 is 0 Å². The van der Waals surface area contributed by atoms with Crippen LogP contribution in [0.25, 0.3) is 0 Å². The van der Waals surface area contributed by atoms with Gasteiger partial charge in [-0.3, -0.25) is 14.9 Å². The lowest BCUT2D eigenvalue weighted by molar-refractivity contribution is -0.134. The Balaban J connectivity index is 2.19. The Morgan fingerprint density at radius 2 is 1.95 bits per heavy atom. The summed E-state index contributed by atoms with van der Waals surface area (Å²) in [6.07, 6.45) is 0. The highest BCUT2D eigenvalue weighted by Crippen LogP contribution is 2.21. The summed E-state index contributed by atoms with van der Waals surface area (Å²) in [6, 6.07) is 7.29. The number of amides is 2. The number of aryl methyl sites for hydroxylation is 3. The van der Waals surface area contributed by atoms with Crippen LogP contribution in [0.2, 0.25) is 0 Å². The zero-order chi connectivity index (χ0) is 16.3. The number of aromatic nitrogens is 1. The molecule has 0 aliphatic carbocycles. The largest absolute Gasteiger partial charge is 0.360 e. The van der Waals surface area contributed by atoms with Crippen LogP contribution in [0.15, 0.2) is 28.8 Å². The van der Waals surface area contributed by atoms with Crippen LogP contribution in [0.3, 0.4) is 0 Å². The van der Waals surface area contributed by atoms with Crippen LogP contribution in [0.4, 0.5) is 11.5 Å². The van der Waals surface area contributed by atoms with Crippen LogP contribution in [-0.4, -0.2) is 23.5 Å². The van der Waals surface area contributed by atoms with Gasteiger partial charge in [0.15, 0.2) is 5.82 Å². The number of carbonyl (C=O) groups excluding carboxylic acids is 2. The quantitative estimate of drug-likeness (QED) is 0.884. The first-order valence-corrected chi connectivity index (χ1v) is 7.05. The van der Waals surface area contributed by atoms with E-state index in [-0.39, 0.29) is 5.82 Å². The van der Waals surface area contributed by atoms with Crippen molar-refractivity contribution in [2.24, 2.45) is 0 Å². The van der Waals surface area contributed by atoms with Gasteiger partial charge in [0.2, 0.25) is 0 Å². The molecule has 0 aliphatic rings. The zero-order valence-electron chi connectivity index (χ0n) is 13.1. The Kier molecular flexibility index (Phi) is 4.60. The summed E-state index contributed by atoms with van der Waals surface area (Å²) < 4.78 is 4.86. The fraction of sp³-hybridized carbons (Fsp3) is 0.312. The molecule has 22 heavy (non-hydrogen) atoms. The predicted molar refractivity (Wildman–Crippen MR) is 83.8 cm³/mol. The number of benzene rings is 1. The first kappa shape index (κ1) is 15.8. The highest BCUT2D eigenvalue weighted by Gasteiger charge is 2.24. The van der Waals surface area contributed by atoms with Crippen LogP contribution < -0.4 is 10.2 Å². The second kappa shape index (κ2) is 6.43. The van der Waals surface area contributed by atoms with Crippen molar-refractivity contribution in [3.8, 4) is 0 Å². The SMILES string of the molecule is CCN(C(=O)C(=O)Nc1cc(C)on1)c1ccc(C)cc1C. The summed E-state index contributed by atoms with van der Waals surface area (Å²) >= 11 is 0. The lowest BCUT2D eigenvalue weighted by Gasteiger charge is -2.22. The molecule has 1 aromatic carbocycles. The van der Waals surface area contributed by atoms with E-state index in [1.165, 1.54) is 4.90 Å².